The quantitative estimate of drug-likeness (QED) is 0.889. The molecule has 2 fully saturated rings. The van der Waals surface area contributed by atoms with Crippen LogP contribution in [-0.2, 0) is 6.54 Å². The molecule has 2 aliphatic rings. The second-order valence-corrected chi connectivity index (χ2v) is 7.67. The zero-order valence-electron chi connectivity index (χ0n) is 12.9. The highest BCUT2D eigenvalue weighted by Gasteiger charge is 2.43. The third kappa shape index (κ3) is 3.10. The first kappa shape index (κ1) is 15.3. The number of hydrogen-bond donors (Lipinski definition) is 1. The van der Waals surface area contributed by atoms with Crippen molar-refractivity contribution in [3.63, 3.8) is 0 Å². The Bertz CT molecular complexity index is 524. The van der Waals surface area contributed by atoms with Gasteiger partial charge in [0.2, 0.25) is 0 Å². The second-order valence-electron chi connectivity index (χ2n) is 7.26. The summed E-state index contributed by atoms with van der Waals surface area (Å²) in [7, 11) is 0. The highest BCUT2D eigenvalue weighted by Crippen LogP contribution is 2.36. The van der Waals surface area contributed by atoms with Crippen molar-refractivity contribution < 1.29 is 4.39 Å². The summed E-state index contributed by atoms with van der Waals surface area (Å²) in [4.78, 5) is 2.53. The number of benzene rings is 1. The maximum atomic E-state index is 13.3. The normalized spacial score (nSPS) is 24.6. The highest BCUT2D eigenvalue weighted by molar-refractivity contribution is 6.30. The Morgan fingerprint density at radius 3 is 2.67 bits per heavy atom. The van der Waals surface area contributed by atoms with Gasteiger partial charge in [-0.1, -0.05) is 30.5 Å². The van der Waals surface area contributed by atoms with Crippen molar-refractivity contribution in [1.29, 1.82) is 0 Å². The molecule has 1 heterocycles. The van der Waals surface area contributed by atoms with Crippen LogP contribution < -0.4 is 5.32 Å². The molecular weight excluding hydrogens is 287 g/mol. The molecule has 0 unspecified atom stereocenters. The van der Waals surface area contributed by atoms with Gasteiger partial charge in [0, 0.05) is 30.7 Å². The molecule has 1 saturated heterocycles. The summed E-state index contributed by atoms with van der Waals surface area (Å²) in [6, 6.07) is 5.08. The van der Waals surface area contributed by atoms with E-state index in [1.807, 2.05) is 6.07 Å². The van der Waals surface area contributed by atoms with Gasteiger partial charge < -0.3 is 5.32 Å². The van der Waals surface area contributed by atoms with Gasteiger partial charge in [-0.2, -0.15) is 0 Å². The molecule has 1 aromatic rings. The van der Waals surface area contributed by atoms with Crippen LogP contribution >= 0.6 is 11.6 Å². The maximum absolute atomic E-state index is 13.3. The third-order valence-corrected chi connectivity index (χ3v) is 5.45. The molecule has 0 aromatic heterocycles. The Morgan fingerprint density at radius 2 is 2.00 bits per heavy atom. The minimum Gasteiger partial charge on any atom is -0.308 e. The molecule has 2 nitrogen and oxygen atoms in total. The van der Waals surface area contributed by atoms with E-state index < -0.39 is 0 Å². The van der Waals surface area contributed by atoms with Gasteiger partial charge in [0.15, 0.2) is 0 Å². The van der Waals surface area contributed by atoms with E-state index in [1.165, 1.54) is 31.7 Å². The zero-order valence-corrected chi connectivity index (χ0v) is 13.6. The molecule has 1 aliphatic heterocycles. The van der Waals surface area contributed by atoms with Crippen LogP contribution in [0.2, 0.25) is 5.02 Å². The Hall–Kier alpha value is -0.640. The summed E-state index contributed by atoms with van der Waals surface area (Å²) in [6.07, 6.45) is 5.18. The van der Waals surface area contributed by atoms with Gasteiger partial charge in [0.1, 0.15) is 5.82 Å². The van der Waals surface area contributed by atoms with Crippen LogP contribution in [0.5, 0.6) is 0 Å². The molecule has 0 radical (unpaired) electrons. The van der Waals surface area contributed by atoms with Crippen LogP contribution in [0.1, 0.15) is 45.1 Å². The number of hydrogen-bond acceptors (Lipinski definition) is 2. The van der Waals surface area contributed by atoms with Crippen molar-refractivity contribution in [2.24, 2.45) is 0 Å². The monoisotopic (exact) mass is 310 g/mol. The first-order valence-electron chi connectivity index (χ1n) is 7.84. The summed E-state index contributed by atoms with van der Waals surface area (Å²) in [5.74, 6) is -0.341. The molecule has 1 aliphatic carbocycles. The van der Waals surface area contributed by atoms with Crippen LogP contribution in [0, 0.1) is 5.82 Å². The van der Waals surface area contributed by atoms with Crippen molar-refractivity contribution in [2.75, 3.05) is 13.1 Å². The van der Waals surface area contributed by atoms with Crippen LogP contribution in [0.3, 0.4) is 0 Å². The summed E-state index contributed by atoms with van der Waals surface area (Å²) in [5, 5.41) is 4.01. The van der Waals surface area contributed by atoms with Gasteiger partial charge in [-0.3, -0.25) is 4.90 Å². The van der Waals surface area contributed by atoms with E-state index in [4.69, 9.17) is 11.6 Å². The average molecular weight is 311 g/mol. The van der Waals surface area contributed by atoms with E-state index >= 15 is 0 Å². The van der Waals surface area contributed by atoms with Crippen molar-refractivity contribution in [2.45, 2.75) is 57.2 Å². The summed E-state index contributed by atoms with van der Waals surface area (Å²) in [6.45, 7) is 7.44. The third-order valence-electron chi connectivity index (χ3n) is 5.16. The van der Waals surface area contributed by atoms with Crippen molar-refractivity contribution in [3.05, 3.63) is 34.6 Å². The van der Waals surface area contributed by atoms with Gasteiger partial charge in [-0.25, -0.2) is 4.39 Å². The molecule has 0 amide bonds. The van der Waals surface area contributed by atoms with E-state index in [2.05, 4.69) is 24.1 Å². The smallest absolute Gasteiger partial charge is 0.141 e. The minimum absolute atomic E-state index is 0.106. The Labute approximate surface area is 131 Å². The fourth-order valence-corrected chi connectivity index (χ4v) is 3.87. The number of rotatable bonds is 2. The lowest BCUT2D eigenvalue weighted by Gasteiger charge is -2.51. The molecule has 116 valence electrons. The topological polar surface area (TPSA) is 15.3 Å². The fraction of sp³-hybridized carbons (Fsp3) is 0.647. The SMILES string of the molecule is CC1(C)CNC2(CCCC2)CN1Cc1ccc(F)c(Cl)c1. The van der Waals surface area contributed by atoms with Gasteiger partial charge in [-0.05, 0) is 44.4 Å². The number of halogens is 2. The van der Waals surface area contributed by atoms with Crippen LogP contribution in [0.4, 0.5) is 4.39 Å². The fourth-order valence-electron chi connectivity index (χ4n) is 3.67. The summed E-state index contributed by atoms with van der Waals surface area (Å²) in [5.41, 5.74) is 1.48. The van der Waals surface area contributed by atoms with E-state index in [0.717, 1.165) is 25.2 Å². The first-order chi connectivity index (χ1) is 9.90. The lowest BCUT2D eigenvalue weighted by Crippen LogP contribution is -2.66. The van der Waals surface area contributed by atoms with Gasteiger partial charge >= 0.3 is 0 Å². The average Bonchev–Trinajstić information content (AvgIpc) is 2.88. The van der Waals surface area contributed by atoms with Gasteiger partial charge in [-0.15, -0.1) is 0 Å². The molecule has 4 heteroatoms. The van der Waals surface area contributed by atoms with Crippen LogP contribution in [-0.4, -0.2) is 29.1 Å². The molecule has 0 atom stereocenters. The minimum atomic E-state index is -0.341. The van der Waals surface area contributed by atoms with Gasteiger partial charge in [0.05, 0.1) is 5.02 Å². The standard InChI is InChI=1S/C17H24ClFN2/c1-16(2)11-20-17(7-3-4-8-17)12-21(16)10-13-5-6-15(19)14(18)9-13/h5-6,9,20H,3-4,7-8,10-12H2,1-2H3. The number of nitrogens with one attached hydrogen (secondary N) is 1. The highest BCUT2D eigenvalue weighted by atomic mass is 35.5. The largest absolute Gasteiger partial charge is 0.308 e. The first-order valence-corrected chi connectivity index (χ1v) is 8.22. The molecule has 1 spiro atoms. The number of nitrogens with zero attached hydrogens (tertiary/aromatic N) is 1. The van der Waals surface area contributed by atoms with E-state index in [-0.39, 0.29) is 16.4 Å². The second kappa shape index (κ2) is 5.53. The Morgan fingerprint density at radius 1 is 1.29 bits per heavy atom. The molecule has 21 heavy (non-hydrogen) atoms. The molecule has 1 saturated carbocycles. The van der Waals surface area contributed by atoms with Crippen molar-refractivity contribution >= 4 is 11.6 Å². The lowest BCUT2D eigenvalue weighted by atomic mass is 9.87. The van der Waals surface area contributed by atoms with E-state index in [9.17, 15) is 4.39 Å². The van der Waals surface area contributed by atoms with Crippen LogP contribution in [0.25, 0.3) is 0 Å². The van der Waals surface area contributed by atoms with Crippen molar-refractivity contribution in [1.82, 2.24) is 10.2 Å². The molecule has 0 bridgehead atoms. The van der Waals surface area contributed by atoms with Gasteiger partial charge in [0.25, 0.3) is 0 Å². The van der Waals surface area contributed by atoms with Crippen molar-refractivity contribution in [3.8, 4) is 0 Å². The predicted octanol–water partition coefficient (Wildman–Crippen LogP) is 3.98. The molecular formula is C17H24ClFN2. The lowest BCUT2D eigenvalue weighted by molar-refractivity contribution is 0.0217. The summed E-state index contributed by atoms with van der Waals surface area (Å²) >= 11 is 5.92. The predicted molar refractivity (Wildman–Crippen MR) is 85.1 cm³/mol. The molecule has 3 rings (SSSR count). The zero-order chi connectivity index (χ0) is 15.1. The Kier molecular flexibility index (Phi) is 4.02. The Balaban J connectivity index is 1.78. The van der Waals surface area contributed by atoms with E-state index in [0.29, 0.717) is 5.54 Å². The van der Waals surface area contributed by atoms with Crippen LogP contribution in [0.15, 0.2) is 18.2 Å². The summed E-state index contributed by atoms with van der Waals surface area (Å²) < 4.78 is 13.3. The molecule has 1 aromatic carbocycles. The molecule has 1 N–H and O–H groups in total. The maximum Gasteiger partial charge on any atom is 0.141 e. The number of piperazine rings is 1. The van der Waals surface area contributed by atoms with E-state index in [1.54, 1.807) is 6.07 Å².